The minimum atomic E-state index is -0.190. The highest BCUT2D eigenvalue weighted by Crippen LogP contribution is 2.37. The van der Waals surface area contributed by atoms with E-state index in [1.54, 1.807) is 6.20 Å². The standard InChI is InChI=1S/C13H21N3O/c1-13(6-3-4-8-17-13)12(15-2)10-9-16-7-5-11(10)14/h5,7,9,12,15H,3-4,6,8H2,1-2H3,(H2,14,16). The highest BCUT2D eigenvalue weighted by molar-refractivity contribution is 5.47. The number of nitrogens with two attached hydrogens (primary N) is 1. The van der Waals surface area contributed by atoms with Gasteiger partial charge in [0.1, 0.15) is 0 Å². The van der Waals surface area contributed by atoms with Gasteiger partial charge >= 0.3 is 0 Å². The van der Waals surface area contributed by atoms with Crippen LogP contribution in [-0.4, -0.2) is 24.2 Å². The van der Waals surface area contributed by atoms with Gasteiger partial charge in [0.2, 0.25) is 0 Å². The zero-order valence-electron chi connectivity index (χ0n) is 10.6. The summed E-state index contributed by atoms with van der Waals surface area (Å²) in [4.78, 5) is 4.16. The topological polar surface area (TPSA) is 60.2 Å². The number of aromatic nitrogens is 1. The van der Waals surface area contributed by atoms with Crippen molar-refractivity contribution in [2.45, 2.75) is 37.8 Å². The van der Waals surface area contributed by atoms with Crippen molar-refractivity contribution in [1.29, 1.82) is 0 Å². The molecule has 0 amide bonds. The van der Waals surface area contributed by atoms with Gasteiger partial charge in [0.15, 0.2) is 0 Å². The minimum absolute atomic E-state index is 0.0940. The minimum Gasteiger partial charge on any atom is -0.398 e. The van der Waals surface area contributed by atoms with Crippen molar-refractivity contribution >= 4 is 5.69 Å². The molecule has 2 heterocycles. The first-order valence-corrected chi connectivity index (χ1v) is 6.18. The molecule has 0 aliphatic carbocycles. The molecule has 17 heavy (non-hydrogen) atoms. The molecule has 0 bridgehead atoms. The molecule has 4 nitrogen and oxygen atoms in total. The Morgan fingerprint density at radius 1 is 1.53 bits per heavy atom. The van der Waals surface area contributed by atoms with Crippen LogP contribution >= 0.6 is 0 Å². The lowest BCUT2D eigenvalue weighted by Crippen LogP contribution is -2.45. The van der Waals surface area contributed by atoms with E-state index in [0.29, 0.717) is 0 Å². The number of ether oxygens (including phenoxy) is 1. The molecule has 2 rings (SSSR count). The van der Waals surface area contributed by atoms with Crippen LogP contribution in [-0.2, 0) is 4.74 Å². The summed E-state index contributed by atoms with van der Waals surface area (Å²) >= 11 is 0. The predicted octanol–water partition coefficient (Wildman–Crippen LogP) is 1.88. The van der Waals surface area contributed by atoms with E-state index >= 15 is 0 Å². The van der Waals surface area contributed by atoms with Crippen LogP contribution in [0.15, 0.2) is 18.5 Å². The van der Waals surface area contributed by atoms with Gasteiger partial charge < -0.3 is 15.8 Å². The Morgan fingerprint density at radius 2 is 2.35 bits per heavy atom. The molecule has 1 fully saturated rings. The van der Waals surface area contributed by atoms with E-state index in [-0.39, 0.29) is 11.6 Å². The summed E-state index contributed by atoms with van der Waals surface area (Å²) in [5.74, 6) is 0. The Hall–Kier alpha value is -1.13. The Balaban J connectivity index is 2.29. The van der Waals surface area contributed by atoms with E-state index in [4.69, 9.17) is 10.5 Å². The zero-order chi connectivity index (χ0) is 12.3. The molecule has 1 aromatic heterocycles. The molecule has 94 valence electrons. The second-order valence-corrected chi connectivity index (χ2v) is 4.84. The van der Waals surface area contributed by atoms with Gasteiger partial charge in [0, 0.05) is 30.3 Å². The maximum Gasteiger partial charge on any atom is 0.0849 e. The van der Waals surface area contributed by atoms with Gasteiger partial charge in [-0.15, -0.1) is 0 Å². The maximum atomic E-state index is 6.03. The highest BCUT2D eigenvalue weighted by Gasteiger charge is 2.37. The van der Waals surface area contributed by atoms with E-state index in [2.05, 4.69) is 17.2 Å². The molecule has 1 aliphatic rings. The number of anilines is 1. The van der Waals surface area contributed by atoms with E-state index in [0.717, 1.165) is 30.7 Å². The van der Waals surface area contributed by atoms with Crippen LogP contribution in [0.3, 0.4) is 0 Å². The molecule has 1 aliphatic heterocycles. The number of nitrogen functional groups attached to an aromatic ring is 1. The SMILES string of the molecule is CNC(c1cnccc1N)C1(C)CCCCO1. The normalized spacial score (nSPS) is 26.7. The number of hydrogen-bond acceptors (Lipinski definition) is 4. The number of likely N-dealkylation sites (N-methyl/N-ethyl adjacent to an activating group) is 1. The predicted molar refractivity (Wildman–Crippen MR) is 68.7 cm³/mol. The van der Waals surface area contributed by atoms with Crippen LogP contribution in [0.2, 0.25) is 0 Å². The molecule has 0 radical (unpaired) electrons. The fourth-order valence-electron chi connectivity index (χ4n) is 2.63. The Morgan fingerprint density at radius 3 is 2.94 bits per heavy atom. The van der Waals surface area contributed by atoms with E-state index in [9.17, 15) is 0 Å². The van der Waals surface area contributed by atoms with Crippen LogP contribution in [0.25, 0.3) is 0 Å². The van der Waals surface area contributed by atoms with E-state index in [1.165, 1.54) is 6.42 Å². The molecule has 4 heteroatoms. The third-order valence-electron chi connectivity index (χ3n) is 3.60. The number of rotatable bonds is 3. The molecule has 1 saturated heterocycles. The Kier molecular flexibility index (Phi) is 3.64. The molecule has 3 N–H and O–H groups in total. The van der Waals surface area contributed by atoms with Crippen molar-refractivity contribution in [3.63, 3.8) is 0 Å². The lowest BCUT2D eigenvalue weighted by atomic mass is 9.84. The number of hydrogen-bond donors (Lipinski definition) is 2. The van der Waals surface area contributed by atoms with Gasteiger partial charge in [-0.3, -0.25) is 4.98 Å². The lowest BCUT2D eigenvalue weighted by molar-refractivity contribution is -0.0883. The van der Waals surface area contributed by atoms with Gasteiger partial charge in [-0.05, 0) is 39.3 Å². The number of nitrogens with one attached hydrogen (secondary N) is 1. The second-order valence-electron chi connectivity index (χ2n) is 4.84. The summed E-state index contributed by atoms with van der Waals surface area (Å²) in [6.45, 7) is 2.98. The summed E-state index contributed by atoms with van der Waals surface area (Å²) in [7, 11) is 1.94. The van der Waals surface area contributed by atoms with Crippen molar-refractivity contribution in [2.24, 2.45) is 0 Å². The van der Waals surface area contributed by atoms with Gasteiger partial charge in [0.25, 0.3) is 0 Å². The summed E-state index contributed by atoms with van der Waals surface area (Å²) in [6, 6.07) is 1.93. The van der Waals surface area contributed by atoms with E-state index in [1.807, 2.05) is 19.3 Å². The first kappa shape index (κ1) is 12.3. The molecule has 2 atom stereocenters. The summed E-state index contributed by atoms with van der Waals surface area (Å²) in [5.41, 5.74) is 7.64. The molecular weight excluding hydrogens is 214 g/mol. The van der Waals surface area contributed by atoms with E-state index < -0.39 is 0 Å². The number of nitrogens with zero attached hydrogens (tertiary/aromatic N) is 1. The van der Waals surface area contributed by atoms with Crippen LogP contribution < -0.4 is 11.1 Å². The van der Waals surface area contributed by atoms with Gasteiger partial charge in [0.05, 0.1) is 11.6 Å². The van der Waals surface area contributed by atoms with Crippen LogP contribution in [0, 0.1) is 0 Å². The Labute approximate surface area is 103 Å². The lowest BCUT2D eigenvalue weighted by Gasteiger charge is -2.41. The third-order valence-corrected chi connectivity index (χ3v) is 3.60. The van der Waals surface area contributed by atoms with Crippen molar-refractivity contribution in [1.82, 2.24) is 10.3 Å². The average molecular weight is 235 g/mol. The largest absolute Gasteiger partial charge is 0.398 e. The maximum absolute atomic E-state index is 6.03. The quantitative estimate of drug-likeness (QED) is 0.840. The number of pyridine rings is 1. The van der Waals surface area contributed by atoms with Crippen molar-refractivity contribution in [2.75, 3.05) is 19.4 Å². The van der Waals surface area contributed by atoms with Crippen molar-refractivity contribution in [3.8, 4) is 0 Å². The summed E-state index contributed by atoms with van der Waals surface area (Å²) in [6.07, 6.45) is 6.95. The smallest absolute Gasteiger partial charge is 0.0849 e. The molecule has 0 spiro atoms. The van der Waals surface area contributed by atoms with Gasteiger partial charge in [-0.1, -0.05) is 0 Å². The first-order chi connectivity index (χ1) is 8.17. The molecular formula is C13H21N3O. The summed E-state index contributed by atoms with van der Waals surface area (Å²) in [5, 5.41) is 3.32. The first-order valence-electron chi connectivity index (χ1n) is 6.18. The third kappa shape index (κ3) is 2.42. The molecule has 2 unspecified atom stereocenters. The average Bonchev–Trinajstić information content (AvgIpc) is 2.33. The fourth-order valence-corrected chi connectivity index (χ4v) is 2.63. The second kappa shape index (κ2) is 5.02. The summed E-state index contributed by atoms with van der Waals surface area (Å²) < 4.78 is 5.98. The van der Waals surface area contributed by atoms with Crippen molar-refractivity contribution < 1.29 is 4.74 Å². The zero-order valence-corrected chi connectivity index (χ0v) is 10.6. The van der Waals surface area contributed by atoms with Crippen molar-refractivity contribution in [3.05, 3.63) is 24.0 Å². The molecule has 0 saturated carbocycles. The molecule has 0 aromatic carbocycles. The van der Waals surface area contributed by atoms with Gasteiger partial charge in [-0.2, -0.15) is 0 Å². The van der Waals surface area contributed by atoms with Crippen LogP contribution in [0.5, 0.6) is 0 Å². The van der Waals surface area contributed by atoms with Crippen LogP contribution in [0.4, 0.5) is 5.69 Å². The highest BCUT2D eigenvalue weighted by atomic mass is 16.5. The Bertz CT molecular complexity index is 375. The van der Waals surface area contributed by atoms with Crippen LogP contribution in [0.1, 0.15) is 37.8 Å². The fraction of sp³-hybridized carbons (Fsp3) is 0.615. The monoisotopic (exact) mass is 235 g/mol. The molecule has 1 aromatic rings. The van der Waals surface area contributed by atoms with Gasteiger partial charge in [-0.25, -0.2) is 0 Å².